The molecule has 43 heavy (non-hydrogen) atoms. The number of carboxylic acid groups (broad SMARTS) is 1. The van der Waals surface area contributed by atoms with E-state index in [0.29, 0.717) is 11.8 Å². The van der Waals surface area contributed by atoms with Gasteiger partial charge >= 0.3 is 5.97 Å². The summed E-state index contributed by atoms with van der Waals surface area (Å²) in [5, 5.41) is 21.4. The van der Waals surface area contributed by atoms with Crippen LogP contribution in [0.1, 0.15) is 56.9 Å². The summed E-state index contributed by atoms with van der Waals surface area (Å²) in [7, 11) is -3.90. The second-order valence-corrected chi connectivity index (χ2v) is 13.2. The van der Waals surface area contributed by atoms with Gasteiger partial charge in [-0.3, -0.25) is 14.4 Å². The predicted octanol–water partition coefficient (Wildman–Crippen LogP) is 1.85. The molecule has 1 unspecified atom stereocenters. The third kappa shape index (κ3) is 15.6. The fraction of sp³-hybridized carbons (Fsp3) is 0.690. The molecule has 11 nitrogen and oxygen atoms in total. The number of nitrogens with one attached hydrogen (secondary N) is 5. The van der Waals surface area contributed by atoms with Crippen molar-refractivity contribution < 1.29 is 27.9 Å². The zero-order valence-electron chi connectivity index (χ0n) is 24.7. The Kier molecular flexibility index (Phi) is 19.0. The van der Waals surface area contributed by atoms with Crippen molar-refractivity contribution in [1.82, 2.24) is 26.0 Å². The molecule has 14 heteroatoms. The molecule has 2 saturated heterocycles. The van der Waals surface area contributed by atoms with Gasteiger partial charge in [-0.05, 0) is 101 Å². The van der Waals surface area contributed by atoms with Crippen LogP contribution in [0, 0.1) is 17.8 Å². The Hall–Kier alpha value is -1.96. The smallest absolute Gasteiger partial charge is 0.323 e. The van der Waals surface area contributed by atoms with Gasteiger partial charge < -0.3 is 26.4 Å². The van der Waals surface area contributed by atoms with Crippen molar-refractivity contribution >= 4 is 52.6 Å². The van der Waals surface area contributed by atoms with Crippen LogP contribution in [0.3, 0.4) is 0 Å². The standard InChI is InChI=1S/C29H47N5O6S.2ClH/c35-27(32-20-26(29(37)38)34-41(39,40)19-14-22-4-2-1-3-5-22)21-33-28(36)25(8-6-23-10-15-30-16-11-23)9-7-24-12-17-31-18-13-24;;/h1-5,23-26,30-31,34H,6-21H2,(H,32,35)(H,33,36)(H,37,38);2*1H. The monoisotopic (exact) mass is 665 g/mol. The van der Waals surface area contributed by atoms with E-state index >= 15 is 0 Å². The normalized spacial score (nSPS) is 16.9. The van der Waals surface area contributed by atoms with Crippen LogP contribution in [0.5, 0.6) is 0 Å². The van der Waals surface area contributed by atoms with Crippen molar-refractivity contribution in [1.29, 1.82) is 0 Å². The van der Waals surface area contributed by atoms with Crippen LogP contribution in [0.25, 0.3) is 0 Å². The van der Waals surface area contributed by atoms with Crippen molar-refractivity contribution in [3.05, 3.63) is 35.9 Å². The number of carbonyl (C=O) groups is 3. The molecule has 246 valence electrons. The van der Waals surface area contributed by atoms with Gasteiger partial charge in [-0.25, -0.2) is 8.42 Å². The van der Waals surface area contributed by atoms with Crippen molar-refractivity contribution in [2.24, 2.45) is 17.8 Å². The van der Waals surface area contributed by atoms with E-state index in [4.69, 9.17) is 0 Å². The number of halogens is 2. The molecule has 0 saturated carbocycles. The van der Waals surface area contributed by atoms with Crippen molar-refractivity contribution in [3.63, 3.8) is 0 Å². The lowest BCUT2D eigenvalue weighted by Crippen LogP contribution is -2.50. The lowest BCUT2D eigenvalue weighted by molar-refractivity contribution is -0.139. The number of rotatable bonds is 17. The number of carbonyl (C=O) groups excluding carboxylic acids is 2. The Bertz CT molecular complexity index is 1050. The highest BCUT2D eigenvalue weighted by Crippen LogP contribution is 2.26. The molecule has 0 spiro atoms. The molecular formula is C29H49Cl2N5O6S. The molecule has 0 radical (unpaired) electrons. The first-order chi connectivity index (χ1) is 19.7. The fourth-order valence-corrected chi connectivity index (χ4v) is 6.80. The molecular weight excluding hydrogens is 617 g/mol. The molecule has 1 atom stereocenters. The Morgan fingerprint density at radius 3 is 1.91 bits per heavy atom. The molecule has 0 bridgehead atoms. The fourth-order valence-electron chi connectivity index (χ4n) is 5.56. The van der Waals surface area contributed by atoms with E-state index in [-0.39, 0.29) is 55.4 Å². The van der Waals surface area contributed by atoms with Crippen LogP contribution in [0.4, 0.5) is 0 Å². The molecule has 2 aliphatic heterocycles. The lowest BCUT2D eigenvalue weighted by atomic mass is 9.84. The third-order valence-electron chi connectivity index (χ3n) is 8.18. The van der Waals surface area contributed by atoms with E-state index < -0.39 is 34.5 Å². The summed E-state index contributed by atoms with van der Waals surface area (Å²) < 4.78 is 27.1. The Morgan fingerprint density at radius 2 is 1.40 bits per heavy atom. The summed E-state index contributed by atoms with van der Waals surface area (Å²) in [5.74, 6) is -1.34. The number of aryl methyl sites for hydroxylation is 1. The highest BCUT2D eigenvalue weighted by Gasteiger charge is 2.26. The zero-order chi connectivity index (χ0) is 29.5. The number of sulfonamides is 1. The highest BCUT2D eigenvalue weighted by atomic mass is 35.5. The number of hydrogen-bond acceptors (Lipinski definition) is 7. The minimum absolute atomic E-state index is 0. The Balaban J connectivity index is 0.00000462. The zero-order valence-corrected chi connectivity index (χ0v) is 27.2. The average Bonchev–Trinajstić information content (AvgIpc) is 2.98. The van der Waals surface area contributed by atoms with Crippen LogP contribution in [-0.4, -0.2) is 82.4 Å². The van der Waals surface area contributed by atoms with Gasteiger partial charge in [0.25, 0.3) is 0 Å². The maximum Gasteiger partial charge on any atom is 0.323 e. The first-order valence-electron chi connectivity index (χ1n) is 14.9. The topological polar surface area (TPSA) is 166 Å². The molecule has 2 fully saturated rings. The maximum atomic E-state index is 13.1. The summed E-state index contributed by atoms with van der Waals surface area (Å²) in [6, 6.07) is 7.50. The van der Waals surface area contributed by atoms with E-state index in [1.165, 1.54) is 0 Å². The largest absolute Gasteiger partial charge is 0.480 e. The summed E-state index contributed by atoms with van der Waals surface area (Å²) >= 11 is 0. The minimum atomic E-state index is -3.90. The Morgan fingerprint density at radius 1 is 0.860 bits per heavy atom. The number of amides is 2. The van der Waals surface area contributed by atoms with Gasteiger partial charge in [0.15, 0.2) is 0 Å². The van der Waals surface area contributed by atoms with Crippen LogP contribution in [-0.2, 0) is 30.8 Å². The summed E-state index contributed by atoms with van der Waals surface area (Å²) in [5.41, 5.74) is 0.818. The Labute approximate surface area is 268 Å². The maximum absolute atomic E-state index is 13.1. The number of carboxylic acids is 1. The summed E-state index contributed by atoms with van der Waals surface area (Å²) in [6.45, 7) is 3.33. The van der Waals surface area contributed by atoms with E-state index in [1.54, 1.807) is 24.3 Å². The number of piperidine rings is 2. The lowest BCUT2D eigenvalue weighted by Gasteiger charge is -2.27. The number of benzene rings is 1. The minimum Gasteiger partial charge on any atom is -0.480 e. The third-order valence-corrected chi connectivity index (χ3v) is 9.57. The van der Waals surface area contributed by atoms with Crippen LogP contribution in [0.15, 0.2) is 30.3 Å². The predicted molar refractivity (Wildman–Crippen MR) is 172 cm³/mol. The van der Waals surface area contributed by atoms with Crippen LogP contribution >= 0.6 is 24.8 Å². The second kappa shape index (κ2) is 20.9. The van der Waals surface area contributed by atoms with E-state index in [9.17, 15) is 27.9 Å². The summed E-state index contributed by atoms with van der Waals surface area (Å²) in [6.07, 6.45) is 8.25. The van der Waals surface area contributed by atoms with Gasteiger partial charge in [-0.15, -0.1) is 24.8 Å². The second-order valence-electron chi connectivity index (χ2n) is 11.3. The quantitative estimate of drug-likeness (QED) is 0.147. The van der Waals surface area contributed by atoms with Gasteiger partial charge in [0.2, 0.25) is 21.8 Å². The van der Waals surface area contributed by atoms with Crippen molar-refractivity contribution in [2.75, 3.05) is 45.0 Å². The number of aliphatic carboxylic acids is 1. The van der Waals surface area contributed by atoms with Gasteiger partial charge in [0.05, 0.1) is 12.3 Å². The van der Waals surface area contributed by atoms with Gasteiger partial charge in [0.1, 0.15) is 6.04 Å². The van der Waals surface area contributed by atoms with E-state index in [2.05, 4.69) is 26.0 Å². The highest BCUT2D eigenvalue weighted by molar-refractivity contribution is 7.89. The molecule has 2 heterocycles. The van der Waals surface area contributed by atoms with Gasteiger partial charge in [0, 0.05) is 12.5 Å². The SMILES string of the molecule is Cl.Cl.O=C(CNC(=O)C(CCC1CCNCC1)CCC1CCNCC1)NCC(NS(=O)(=O)CCc1ccccc1)C(=O)O. The molecule has 1 aromatic rings. The average molecular weight is 667 g/mol. The van der Waals surface area contributed by atoms with Crippen LogP contribution in [0.2, 0.25) is 0 Å². The molecule has 1 aromatic carbocycles. The van der Waals surface area contributed by atoms with E-state index in [1.807, 2.05) is 6.07 Å². The van der Waals surface area contributed by atoms with Crippen molar-refractivity contribution in [3.8, 4) is 0 Å². The van der Waals surface area contributed by atoms with E-state index in [0.717, 1.165) is 83.1 Å². The first kappa shape index (κ1) is 39.1. The van der Waals surface area contributed by atoms with Crippen molar-refractivity contribution in [2.45, 2.75) is 63.8 Å². The number of hydrogen-bond donors (Lipinski definition) is 6. The first-order valence-corrected chi connectivity index (χ1v) is 16.6. The molecule has 2 amide bonds. The summed E-state index contributed by atoms with van der Waals surface area (Å²) in [4.78, 5) is 37.3. The molecule has 3 rings (SSSR count). The molecule has 2 aliphatic rings. The molecule has 0 aliphatic carbocycles. The van der Waals surface area contributed by atoms with Gasteiger partial charge in [-0.2, -0.15) is 4.72 Å². The molecule has 0 aromatic heterocycles. The van der Waals surface area contributed by atoms with Gasteiger partial charge in [-0.1, -0.05) is 30.3 Å². The molecule has 6 N–H and O–H groups in total. The van der Waals surface area contributed by atoms with Crippen LogP contribution < -0.4 is 26.0 Å².